The number of likely N-dealkylation sites (tertiary alicyclic amines) is 1. The van der Waals surface area contributed by atoms with Crippen LogP contribution in [0.5, 0.6) is 0 Å². The third-order valence-electron chi connectivity index (χ3n) is 2.31. The Kier molecular flexibility index (Phi) is 2.88. The minimum Gasteiger partial charge on any atom is -0.480 e. The summed E-state index contributed by atoms with van der Waals surface area (Å²) in [5, 5.41) is 8.55. The summed E-state index contributed by atoms with van der Waals surface area (Å²) in [6, 6.07) is 0.520. The molecule has 64 valence electrons. The summed E-state index contributed by atoms with van der Waals surface area (Å²) in [7, 11) is 0. The van der Waals surface area contributed by atoms with Crippen molar-refractivity contribution in [1.82, 2.24) is 4.90 Å². The van der Waals surface area contributed by atoms with Gasteiger partial charge in [-0.1, -0.05) is 6.92 Å². The van der Waals surface area contributed by atoms with Gasteiger partial charge in [-0.2, -0.15) is 0 Å². The topological polar surface area (TPSA) is 40.5 Å². The van der Waals surface area contributed by atoms with Crippen LogP contribution in [0.2, 0.25) is 0 Å². The Morgan fingerprint density at radius 3 is 3.00 bits per heavy atom. The van der Waals surface area contributed by atoms with E-state index in [4.69, 9.17) is 5.11 Å². The molecular formula is C8H15NO2. The monoisotopic (exact) mass is 157 g/mol. The highest BCUT2D eigenvalue weighted by Gasteiger charge is 2.23. The lowest BCUT2D eigenvalue weighted by Gasteiger charge is -2.20. The molecule has 0 amide bonds. The first-order valence-electron chi connectivity index (χ1n) is 4.20. The first kappa shape index (κ1) is 8.53. The zero-order chi connectivity index (χ0) is 8.27. The maximum absolute atomic E-state index is 10.4. The molecule has 11 heavy (non-hydrogen) atoms. The molecule has 0 aliphatic carbocycles. The molecule has 1 aliphatic rings. The average Bonchev–Trinajstić information content (AvgIpc) is 2.34. The Morgan fingerprint density at radius 2 is 2.45 bits per heavy atom. The Bertz CT molecular complexity index is 147. The fraction of sp³-hybridized carbons (Fsp3) is 0.875. The van der Waals surface area contributed by atoms with Crippen molar-refractivity contribution in [3.8, 4) is 0 Å². The second kappa shape index (κ2) is 3.72. The van der Waals surface area contributed by atoms with E-state index in [0.29, 0.717) is 6.04 Å². The van der Waals surface area contributed by atoms with Crippen LogP contribution in [0.25, 0.3) is 0 Å². The van der Waals surface area contributed by atoms with Gasteiger partial charge in [0.1, 0.15) is 0 Å². The zero-order valence-electron chi connectivity index (χ0n) is 6.92. The number of carboxylic acids is 1. The van der Waals surface area contributed by atoms with Crippen LogP contribution in [-0.2, 0) is 4.79 Å². The first-order valence-corrected chi connectivity index (χ1v) is 4.20. The number of hydrogen-bond acceptors (Lipinski definition) is 2. The van der Waals surface area contributed by atoms with Gasteiger partial charge in [0.05, 0.1) is 6.54 Å². The van der Waals surface area contributed by atoms with E-state index in [2.05, 4.69) is 11.8 Å². The van der Waals surface area contributed by atoms with Crippen LogP contribution >= 0.6 is 0 Å². The molecule has 1 fully saturated rings. The van der Waals surface area contributed by atoms with Gasteiger partial charge >= 0.3 is 5.97 Å². The second-order valence-electron chi connectivity index (χ2n) is 3.07. The summed E-state index contributed by atoms with van der Waals surface area (Å²) in [5.74, 6) is -0.703. The van der Waals surface area contributed by atoms with Gasteiger partial charge in [-0.25, -0.2) is 0 Å². The summed E-state index contributed by atoms with van der Waals surface area (Å²) >= 11 is 0. The van der Waals surface area contributed by atoms with Crippen molar-refractivity contribution in [2.75, 3.05) is 13.1 Å². The minimum atomic E-state index is -0.703. The molecule has 0 saturated carbocycles. The van der Waals surface area contributed by atoms with Gasteiger partial charge in [-0.05, 0) is 25.8 Å². The van der Waals surface area contributed by atoms with Crippen LogP contribution in [0.15, 0.2) is 0 Å². The lowest BCUT2D eigenvalue weighted by Crippen LogP contribution is -2.33. The third-order valence-corrected chi connectivity index (χ3v) is 2.31. The van der Waals surface area contributed by atoms with Gasteiger partial charge in [0.25, 0.3) is 0 Å². The quantitative estimate of drug-likeness (QED) is 0.663. The Hall–Kier alpha value is -0.570. The number of nitrogens with zero attached hydrogens (tertiary/aromatic N) is 1. The molecule has 1 rings (SSSR count). The number of rotatable bonds is 3. The zero-order valence-corrected chi connectivity index (χ0v) is 6.92. The first-order chi connectivity index (χ1) is 5.24. The number of hydrogen-bond donors (Lipinski definition) is 1. The van der Waals surface area contributed by atoms with Gasteiger partial charge in [0.15, 0.2) is 0 Å². The van der Waals surface area contributed by atoms with E-state index in [-0.39, 0.29) is 6.54 Å². The molecule has 1 N–H and O–H groups in total. The van der Waals surface area contributed by atoms with Crippen LogP contribution in [0.1, 0.15) is 26.2 Å². The van der Waals surface area contributed by atoms with Gasteiger partial charge in [-0.3, -0.25) is 9.69 Å². The fourth-order valence-corrected chi connectivity index (χ4v) is 1.74. The van der Waals surface area contributed by atoms with Crippen LogP contribution in [-0.4, -0.2) is 35.1 Å². The van der Waals surface area contributed by atoms with Crippen molar-refractivity contribution in [3.05, 3.63) is 0 Å². The molecule has 3 heteroatoms. The van der Waals surface area contributed by atoms with Crippen molar-refractivity contribution >= 4 is 5.97 Å². The van der Waals surface area contributed by atoms with E-state index < -0.39 is 5.97 Å². The van der Waals surface area contributed by atoms with Crippen molar-refractivity contribution in [2.24, 2.45) is 0 Å². The van der Waals surface area contributed by atoms with Gasteiger partial charge in [0, 0.05) is 6.04 Å². The van der Waals surface area contributed by atoms with E-state index >= 15 is 0 Å². The predicted molar refractivity (Wildman–Crippen MR) is 42.5 cm³/mol. The molecule has 1 aliphatic heterocycles. The van der Waals surface area contributed by atoms with Gasteiger partial charge in [-0.15, -0.1) is 0 Å². The fourth-order valence-electron chi connectivity index (χ4n) is 1.74. The highest BCUT2D eigenvalue weighted by Crippen LogP contribution is 2.18. The van der Waals surface area contributed by atoms with Gasteiger partial charge < -0.3 is 5.11 Å². The molecule has 0 spiro atoms. The van der Waals surface area contributed by atoms with Gasteiger partial charge in [0.2, 0.25) is 0 Å². The number of carboxylic acid groups (broad SMARTS) is 1. The standard InChI is InChI=1S/C8H15NO2/c1-2-7-4-3-5-9(7)6-8(10)11/h7H,2-6H2,1H3,(H,10,11). The highest BCUT2D eigenvalue weighted by atomic mass is 16.4. The molecule has 0 bridgehead atoms. The number of carbonyl (C=O) groups is 1. The van der Waals surface area contributed by atoms with Crippen LogP contribution in [0, 0.1) is 0 Å². The Morgan fingerprint density at radius 1 is 1.73 bits per heavy atom. The SMILES string of the molecule is CCC1CCCN1CC(=O)O. The normalized spacial score (nSPS) is 25.7. The minimum absolute atomic E-state index is 0.221. The summed E-state index contributed by atoms with van der Waals surface area (Å²) in [4.78, 5) is 12.4. The average molecular weight is 157 g/mol. The van der Waals surface area contributed by atoms with Crippen molar-refractivity contribution < 1.29 is 9.90 Å². The van der Waals surface area contributed by atoms with Crippen molar-refractivity contribution in [2.45, 2.75) is 32.2 Å². The largest absolute Gasteiger partial charge is 0.480 e. The van der Waals surface area contributed by atoms with E-state index in [9.17, 15) is 4.79 Å². The predicted octanol–water partition coefficient (Wildman–Crippen LogP) is 0.945. The van der Waals surface area contributed by atoms with E-state index in [1.54, 1.807) is 0 Å². The summed E-state index contributed by atoms with van der Waals surface area (Å²) < 4.78 is 0. The van der Waals surface area contributed by atoms with E-state index in [0.717, 1.165) is 19.4 Å². The second-order valence-corrected chi connectivity index (χ2v) is 3.07. The molecule has 0 aromatic heterocycles. The summed E-state index contributed by atoms with van der Waals surface area (Å²) in [5.41, 5.74) is 0. The van der Waals surface area contributed by atoms with E-state index in [1.165, 1.54) is 6.42 Å². The molecular weight excluding hydrogens is 142 g/mol. The van der Waals surface area contributed by atoms with Crippen LogP contribution in [0.4, 0.5) is 0 Å². The highest BCUT2D eigenvalue weighted by molar-refractivity contribution is 5.69. The maximum atomic E-state index is 10.4. The molecule has 0 aromatic carbocycles. The van der Waals surface area contributed by atoms with Crippen LogP contribution < -0.4 is 0 Å². The molecule has 1 heterocycles. The number of aliphatic carboxylic acids is 1. The molecule has 0 aromatic rings. The summed E-state index contributed by atoms with van der Waals surface area (Å²) in [6.07, 6.45) is 3.41. The lowest BCUT2D eigenvalue weighted by atomic mass is 10.2. The molecule has 3 nitrogen and oxygen atoms in total. The Balaban J connectivity index is 2.37. The van der Waals surface area contributed by atoms with Crippen molar-refractivity contribution in [1.29, 1.82) is 0 Å². The van der Waals surface area contributed by atoms with E-state index in [1.807, 2.05) is 0 Å². The third kappa shape index (κ3) is 2.19. The van der Waals surface area contributed by atoms with Crippen LogP contribution in [0.3, 0.4) is 0 Å². The molecule has 1 atom stereocenters. The van der Waals surface area contributed by atoms with Crippen molar-refractivity contribution in [3.63, 3.8) is 0 Å². The molecule has 1 unspecified atom stereocenters. The smallest absolute Gasteiger partial charge is 0.317 e. The lowest BCUT2D eigenvalue weighted by molar-refractivity contribution is -0.138. The molecule has 1 saturated heterocycles. The maximum Gasteiger partial charge on any atom is 0.317 e. The molecule has 0 radical (unpaired) electrons. The Labute approximate surface area is 67.0 Å². The summed E-state index contributed by atoms with van der Waals surface area (Å²) in [6.45, 7) is 3.30.